The number of likely N-dealkylation sites (tertiary alicyclic amines) is 2. The van der Waals surface area contributed by atoms with Crippen LogP contribution in [0.3, 0.4) is 0 Å². The number of carbonyl (C=O) groups excluding carboxylic acids is 5. The lowest BCUT2D eigenvalue weighted by Crippen LogP contribution is -2.71. The van der Waals surface area contributed by atoms with E-state index in [1.165, 1.54) is 36.1 Å². The molecule has 12 nitrogen and oxygen atoms in total. The number of benzene rings is 2. The smallest absolute Gasteiger partial charge is 0.269 e. The second-order valence-corrected chi connectivity index (χ2v) is 9.75. The molecule has 204 valence electrons. The van der Waals surface area contributed by atoms with Gasteiger partial charge in [-0.1, -0.05) is 30.3 Å². The van der Waals surface area contributed by atoms with E-state index in [1.807, 2.05) is 0 Å². The Kier molecular flexibility index (Phi) is 7.86. The zero-order valence-electron chi connectivity index (χ0n) is 21.4. The molecule has 2 aliphatic heterocycles. The van der Waals surface area contributed by atoms with Crippen molar-refractivity contribution in [2.24, 2.45) is 5.73 Å². The van der Waals surface area contributed by atoms with Crippen molar-refractivity contribution in [2.75, 3.05) is 11.9 Å². The summed E-state index contributed by atoms with van der Waals surface area (Å²) >= 11 is 0. The third-order valence-electron chi connectivity index (χ3n) is 7.10. The molecule has 2 saturated heterocycles. The summed E-state index contributed by atoms with van der Waals surface area (Å²) < 4.78 is 0. The number of nitrogens with zero attached hydrogens (tertiary/aromatic N) is 3. The molecule has 3 N–H and O–H groups in total. The molecule has 12 heteroatoms. The number of carbonyl (C=O) groups is 5. The van der Waals surface area contributed by atoms with Crippen molar-refractivity contribution in [1.29, 1.82) is 0 Å². The number of imide groups is 1. The number of piperidine rings is 1. The van der Waals surface area contributed by atoms with Crippen LogP contribution in [0.5, 0.6) is 0 Å². The molecule has 2 heterocycles. The summed E-state index contributed by atoms with van der Waals surface area (Å²) in [6.45, 7) is 1.75. The molecule has 2 aliphatic rings. The molecule has 0 aliphatic carbocycles. The minimum Gasteiger partial charge on any atom is -0.329 e. The largest absolute Gasteiger partial charge is 0.329 e. The molecular weight excluding hydrogens is 506 g/mol. The Balaban J connectivity index is 1.79. The van der Waals surface area contributed by atoms with Gasteiger partial charge < -0.3 is 16.0 Å². The Labute approximate surface area is 224 Å². The van der Waals surface area contributed by atoms with Gasteiger partial charge in [-0.25, -0.2) is 0 Å². The molecule has 3 atom stereocenters. The number of amides is 4. The van der Waals surface area contributed by atoms with Crippen LogP contribution in [-0.2, 0) is 30.4 Å². The van der Waals surface area contributed by atoms with Crippen LogP contribution in [0.2, 0.25) is 0 Å². The van der Waals surface area contributed by atoms with Crippen molar-refractivity contribution in [3.05, 3.63) is 70.3 Å². The quantitative estimate of drug-likeness (QED) is 0.233. The van der Waals surface area contributed by atoms with Crippen molar-refractivity contribution < 1.29 is 28.9 Å². The Morgan fingerprint density at radius 2 is 1.77 bits per heavy atom. The van der Waals surface area contributed by atoms with Gasteiger partial charge in [0, 0.05) is 43.6 Å². The van der Waals surface area contributed by atoms with Crippen LogP contribution in [0.4, 0.5) is 11.4 Å². The van der Waals surface area contributed by atoms with Crippen LogP contribution in [-0.4, -0.2) is 68.3 Å². The summed E-state index contributed by atoms with van der Waals surface area (Å²) in [5.74, 6) is -3.52. The number of nitro groups is 1. The van der Waals surface area contributed by atoms with Gasteiger partial charge >= 0.3 is 0 Å². The van der Waals surface area contributed by atoms with Gasteiger partial charge in [-0.05, 0) is 37.5 Å². The molecule has 4 amide bonds. The van der Waals surface area contributed by atoms with Gasteiger partial charge in [0.1, 0.15) is 6.04 Å². The molecule has 2 aromatic carbocycles. The van der Waals surface area contributed by atoms with Crippen LogP contribution in [0.25, 0.3) is 0 Å². The van der Waals surface area contributed by atoms with E-state index in [4.69, 9.17) is 5.73 Å². The van der Waals surface area contributed by atoms with Gasteiger partial charge in [-0.3, -0.25) is 39.0 Å². The van der Waals surface area contributed by atoms with Crippen molar-refractivity contribution in [3.63, 3.8) is 0 Å². The number of Topliss-reactive ketones (excluding diaryl/α,β-unsaturated/α-hetero) is 1. The number of non-ortho nitro benzene ring substituents is 1. The van der Waals surface area contributed by atoms with Gasteiger partial charge in [0.05, 0.1) is 11.0 Å². The Morgan fingerprint density at radius 3 is 2.38 bits per heavy atom. The molecule has 0 saturated carbocycles. The van der Waals surface area contributed by atoms with E-state index in [-0.39, 0.29) is 43.6 Å². The van der Waals surface area contributed by atoms with E-state index in [0.717, 1.165) is 4.90 Å². The van der Waals surface area contributed by atoms with Gasteiger partial charge in [0.15, 0.2) is 11.3 Å². The molecule has 4 rings (SSSR count). The van der Waals surface area contributed by atoms with E-state index in [2.05, 4.69) is 5.32 Å². The molecule has 0 aromatic heterocycles. The second kappa shape index (κ2) is 11.1. The van der Waals surface area contributed by atoms with Crippen LogP contribution < -0.4 is 11.1 Å². The van der Waals surface area contributed by atoms with E-state index < -0.39 is 52.0 Å². The lowest BCUT2D eigenvalue weighted by atomic mass is 9.78. The summed E-state index contributed by atoms with van der Waals surface area (Å²) in [5.41, 5.74) is 4.02. The molecule has 0 radical (unpaired) electrons. The first-order valence-electron chi connectivity index (χ1n) is 12.6. The maximum Gasteiger partial charge on any atom is 0.269 e. The fourth-order valence-corrected chi connectivity index (χ4v) is 5.16. The van der Waals surface area contributed by atoms with Crippen molar-refractivity contribution in [2.45, 2.75) is 56.7 Å². The number of nitrogens with one attached hydrogen (secondary N) is 1. The SMILES string of the molecule is C[C@H](N)C(=O)N1CCC[C@H]1C(=O)N1C(=O)CCC(=O)[C@]1(Cc1ccccc1)C(=O)Nc1ccc([N+](=O)[O-])cc1. The van der Waals surface area contributed by atoms with Crippen molar-refractivity contribution >= 4 is 40.8 Å². The maximum absolute atomic E-state index is 14.0. The Bertz CT molecular complexity index is 1310. The van der Waals surface area contributed by atoms with Gasteiger partial charge in [-0.2, -0.15) is 0 Å². The van der Waals surface area contributed by atoms with Gasteiger partial charge in [0.2, 0.25) is 11.8 Å². The highest BCUT2D eigenvalue weighted by Gasteiger charge is 2.59. The number of hydrogen-bond donors (Lipinski definition) is 2. The summed E-state index contributed by atoms with van der Waals surface area (Å²) in [6, 6.07) is 11.6. The highest BCUT2D eigenvalue weighted by molar-refractivity contribution is 6.23. The molecule has 2 fully saturated rings. The molecule has 39 heavy (non-hydrogen) atoms. The normalized spacial score (nSPS) is 21.9. The number of anilines is 1. The fraction of sp³-hybridized carbons (Fsp3) is 0.370. The van der Waals surface area contributed by atoms with E-state index in [9.17, 15) is 34.1 Å². The highest BCUT2D eigenvalue weighted by Crippen LogP contribution is 2.34. The van der Waals surface area contributed by atoms with E-state index in [0.29, 0.717) is 12.0 Å². The number of hydrogen-bond acceptors (Lipinski definition) is 8. The lowest BCUT2D eigenvalue weighted by Gasteiger charge is -2.44. The number of rotatable bonds is 7. The summed E-state index contributed by atoms with van der Waals surface area (Å²) in [6.07, 6.45) is -0.0563. The van der Waals surface area contributed by atoms with Crippen molar-refractivity contribution in [3.8, 4) is 0 Å². The predicted molar refractivity (Wildman–Crippen MR) is 139 cm³/mol. The zero-order chi connectivity index (χ0) is 28.3. The Morgan fingerprint density at radius 1 is 1.10 bits per heavy atom. The van der Waals surface area contributed by atoms with Crippen LogP contribution in [0.15, 0.2) is 54.6 Å². The molecule has 2 aromatic rings. The first-order valence-corrected chi connectivity index (χ1v) is 12.6. The summed E-state index contributed by atoms with van der Waals surface area (Å²) in [7, 11) is 0. The summed E-state index contributed by atoms with van der Waals surface area (Å²) in [5, 5.41) is 13.6. The van der Waals surface area contributed by atoms with Gasteiger partial charge in [0.25, 0.3) is 17.5 Å². The van der Waals surface area contributed by atoms with E-state index >= 15 is 0 Å². The number of ketones is 1. The minimum absolute atomic E-state index is 0.144. The average Bonchev–Trinajstić information content (AvgIpc) is 3.41. The van der Waals surface area contributed by atoms with Gasteiger partial charge in [-0.15, -0.1) is 0 Å². The monoisotopic (exact) mass is 535 g/mol. The standard InChI is InChI=1S/C27H29N5O7/c1-17(28)24(35)30-15-5-8-21(30)25(36)31-23(34)14-13-22(33)27(31,16-18-6-3-2-4-7-18)26(37)29-19-9-11-20(12-10-19)32(38)39/h2-4,6-7,9-12,17,21H,5,8,13-16,28H2,1H3,(H,29,37)/t17-,21-,27+/m0/s1. The minimum atomic E-state index is -2.23. The number of nitro benzene ring substituents is 1. The zero-order valence-corrected chi connectivity index (χ0v) is 21.4. The molecule has 0 spiro atoms. The molecule has 0 unspecified atom stereocenters. The molecule has 0 bridgehead atoms. The van der Waals surface area contributed by atoms with Crippen LogP contribution >= 0.6 is 0 Å². The van der Waals surface area contributed by atoms with E-state index in [1.54, 1.807) is 30.3 Å². The third kappa shape index (κ3) is 5.28. The summed E-state index contributed by atoms with van der Waals surface area (Å²) in [4.78, 5) is 80.4. The average molecular weight is 536 g/mol. The fourth-order valence-electron chi connectivity index (χ4n) is 5.16. The molecular formula is C27H29N5O7. The third-order valence-corrected chi connectivity index (χ3v) is 7.10. The van der Waals surface area contributed by atoms with Crippen molar-refractivity contribution in [1.82, 2.24) is 9.80 Å². The van der Waals surface area contributed by atoms with Crippen LogP contribution in [0.1, 0.15) is 38.2 Å². The predicted octanol–water partition coefficient (Wildman–Crippen LogP) is 1.57. The Hall–Kier alpha value is -4.45. The topological polar surface area (TPSA) is 173 Å². The van der Waals surface area contributed by atoms with Crippen LogP contribution in [0, 0.1) is 10.1 Å². The first-order chi connectivity index (χ1) is 18.6. The highest BCUT2D eigenvalue weighted by atomic mass is 16.6. The number of nitrogens with two attached hydrogens (primary N) is 1. The second-order valence-electron chi connectivity index (χ2n) is 9.75. The first kappa shape index (κ1) is 27.6. The lowest BCUT2D eigenvalue weighted by molar-refractivity contribution is -0.384. The maximum atomic E-state index is 14.0.